The van der Waals surface area contributed by atoms with E-state index in [-0.39, 0.29) is 3.98 Å². The molecule has 0 unspecified atom stereocenters. The van der Waals surface area contributed by atoms with Crippen molar-refractivity contribution in [3.8, 4) is 5.75 Å². The first kappa shape index (κ1) is 8.99. The van der Waals surface area contributed by atoms with Crippen LogP contribution in [0.5, 0.6) is 5.75 Å². The van der Waals surface area contributed by atoms with Gasteiger partial charge in [0.15, 0.2) is 0 Å². The van der Waals surface area contributed by atoms with E-state index in [9.17, 15) is 4.79 Å². The summed E-state index contributed by atoms with van der Waals surface area (Å²) in [5.74, 6) is 0.667. The quantitative estimate of drug-likeness (QED) is 0.586. The van der Waals surface area contributed by atoms with Crippen molar-refractivity contribution in [1.82, 2.24) is 0 Å². The number of benzene rings is 1. The molecule has 1 aromatic rings. The molecule has 1 aromatic carbocycles. The third-order valence-electron chi connectivity index (χ3n) is 2.27. The molecule has 0 heterocycles. The maximum absolute atomic E-state index is 10.7. The number of fused-ring (bicyclic) bond motifs is 1. The van der Waals surface area contributed by atoms with Gasteiger partial charge in [-0.25, -0.2) is 4.79 Å². The van der Waals surface area contributed by atoms with Gasteiger partial charge in [0.05, 0.1) is 22.6 Å². The summed E-state index contributed by atoms with van der Waals surface area (Å²) in [6.07, 6.45) is 3.49. The average Bonchev–Trinajstić information content (AvgIpc) is 2.49. The molecule has 0 saturated carbocycles. The first-order chi connectivity index (χ1) is 6.25. The number of hydrogen-bond acceptors (Lipinski definition) is 2. The smallest absolute Gasteiger partial charge is 0.372 e. The van der Waals surface area contributed by atoms with Crippen LogP contribution >= 0.6 is 22.6 Å². The fourth-order valence-corrected chi connectivity index (χ4v) is 1.96. The highest BCUT2D eigenvalue weighted by Crippen LogP contribution is 2.26. The molecular formula is C10H9IO2. The topological polar surface area (TPSA) is 26.3 Å². The van der Waals surface area contributed by atoms with E-state index in [1.807, 2.05) is 12.1 Å². The Bertz CT molecular complexity index is 347. The van der Waals surface area contributed by atoms with Gasteiger partial charge in [0.1, 0.15) is 5.75 Å². The van der Waals surface area contributed by atoms with Crippen LogP contribution in [0.3, 0.4) is 0 Å². The summed E-state index contributed by atoms with van der Waals surface area (Å²) < 4.78 is 4.71. The van der Waals surface area contributed by atoms with Gasteiger partial charge < -0.3 is 4.74 Å². The Labute approximate surface area is 90.4 Å². The highest BCUT2D eigenvalue weighted by Gasteiger charge is 2.11. The van der Waals surface area contributed by atoms with Crippen molar-refractivity contribution in [3.05, 3.63) is 29.3 Å². The number of ether oxygens (including phenoxy) is 1. The Hall–Kier alpha value is -0.580. The van der Waals surface area contributed by atoms with Gasteiger partial charge in [-0.15, -0.1) is 0 Å². The Balaban J connectivity index is 2.25. The third kappa shape index (κ3) is 2.02. The summed E-state index contributed by atoms with van der Waals surface area (Å²) in [5.41, 5.74) is 2.73. The second kappa shape index (κ2) is 3.65. The van der Waals surface area contributed by atoms with Crippen LogP contribution in [-0.2, 0) is 12.8 Å². The van der Waals surface area contributed by atoms with E-state index in [0.29, 0.717) is 5.75 Å². The fraction of sp³-hybridized carbons (Fsp3) is 0.300. The van der Waals surface area contributed by atoms with Crippen molar-refractivity contribution in [3.63, 3.8) is 0 Å². The van der Waals surface area contributed by atoms with Crippen LogP contribution in [0.4, 0.5) is 4.79 Å². The molecule has 0 N–H and O–H groups in total. The minimum absolute atomic E-state index is 0.282. The second-order valence-electron chi connectivity index (χ2n) is 3.12. The highest BCUT2D eigenvalue weighted by atomic mass is 127. The second-order valence-corrected chi connectivity index (χ2v) is 4.00. The van der Waals surface area contributed by atoms with Crippen LogP contribution in [0.25, 0.3) is 0 Å². The Kier molecular flexibility index (Phi) is 2.53. The van der Waals surface area contributed by atoms with E-state index in [1.54, 1.807) is 22.6 Å². The molecule has 0 aliphatic heterocycles. The van der Waals surface area contributed by atoms with Crippen LogP contribution in [0.1, 0.15) is 17.5 Å². The van der Waals surface area contributed by atoms with Crippen molar-refractivity contribution in [2.75, 3.05) is 0 Å². The van der Waals surface area contributed by atoms with Crippen molar-refractivity contribution in [1.29, 1.82) is 0 Å². The molecule has 3 heteroatoms. The predicted molar refractivity (Wildman–Crippen MR) is 58.5 cm³/mol. The first-order valence-electron chi connectivity index (χ1n) is 4.25. The van der Waals surface area contributed by atoms with Crippen LogP contribution in [0.15, 0.2) is 18.2 Å². The molecule has 0 spiro atoms. The monoisotopic (exact) mass is 288 g/mol. The van der Waals surface area contributed by atoms with E-state index in [4.69, 9.17) is 4.74 Å². The zero-order valence-electron chi connectivity index (χ0n) is 7.05. The minimum Gasteiger partial charge on any atom is -0.419 e. The molecule has 13 heavy (non-hydrogen) atoms. The average molecular weight is 288 g/mol. The van der Waals surface area contributed by atoms with Gasteiger partial charge in [0.25, 0.3) is 0 Å². The van der Waals surface area contributed by atoms with Gasteiger partial charge in [-0.05, 0) is 42.5 Å². The van der Waals surface area contributed by atoms with Gasteiger partial charge in [0.2, 0.25) is 0 Å². The molecule has 0 aromatic heterocycles. The summed E-state index contributed by atoms with van der Waals surface area (Å²) in [6.45, 7) is 0. The molecule has 2 rings (SSSR count). The molecule has 0 bridgehead atoms. The summed E-state index contributed by atoms with van der Waals surface area (Å²) in [5, 5.41) is 0. The molecule has 0 atom stereocenters. The van der Waals surface area contributed by atoms with Gasteiger partial charge in [0, 0.05) is 0 Å². The van der Waals surface area contributed by atoms with Crippen LogP contribution < -0.4 is 4.74 Å². The van der Waals surface area contributed by atoms with Crippen molar-refractivity contribution in [2.45, 2.75) is 19.3 Å². The predicted octanol–water partition coefficient (Wildman–Crippen LogP) is 3.11. The minimum atomic E-state index is -0.282. The van der Waals surface area contributed by atoms with Gasteiger partial charge in [-0.2, -0.15) is 0 Å². The van der Waals surface area contributed by atoms with E-state index in [2.05, 4.69) is 6.07 Å². The number of rotatable bonds is 1. The number of hydrogen-bond donors (Lipinski definition) is 0. The van der Waals surface area contributed by atoms with E-state index in [1.165, 1.54) is 17.5 Å². The molecule has 2 nitrogen and oxygen atoms in total. The lowest BCUT2D eigenvalue weighted by Crippen LogP contribution is -1.96. The Morgan fingerprint density at radius 3 is 2.85 bits per heavy atom. The standard InChI is InChI=1S/C10H9IO2/c11-10(12)13-9-5-4-7-2-1-3-8(7)6-9/h4-6H,1-3H2. The number of carbonyl (C=O) groups excluding carboxylic acids is 1. The van der Waals surface area contributed by atoms with Gasteiger partial charge in [-0.3, -0.25) is 0 Å². The number of aryl methyl sites for hydroxylation is 2. The maximum Gasteiger partial charge on any atom is 0.372 e. The van der Waals surface area contributed by atoms with Crippen LogP contribution in [-0.4, -0.2) is 3.98 Å². The summed E-state index contributed by atoms with van der Waals surface area (Å²) in [7, 11) is 0. The highest BCUT2D eigenvalue weighted by molar-refractivity contribution is 14.1. The Morgan fingerprint density at radius 1 is 1.31 bits per heavy atom. The zero-order chi connectivity index (χ0) is 9.26. The lowest BCUT2D eigenvalue weighted by Gasteiger charge is -2.02. The van der Waals surface area contributed by atoms with Crippen molar-refractivity contribution in [2.24, 2.45) is 0 Å². The van der Waals surface area contributed by atoms with E-state index in [0.717, 1.165) is 12.8 Å². The van der Waals surface area contributed by atoms with Crippen LogP contribution in [0.2, 0.25) is 0 Å². The molecule has 0 amide bonds. The first-order valence-corrected chi connectivity index (χ1v) is 5.33. The fourth-order valence-electron chi connectivity index (χ4n) is 1.70. The molecule has 0 saturated heterocycles. The molecule has 0 fully saturated rings. The van der Waals surface area contributed by atoms with Crippen LogP contribution in [0, 0.1) is 0 Å². The Morgan fingerprint density at radius 2 is 2.08 bits per heavy atom. The number of carbonyl (C=O) groups is 1. The lowest BCUT2D eigenvalue weighted by atomic mass is 10.1. The van der Waals surface area contributed by atoms with Crippen molar-refractivity contribution >= 4 is 26.6 Å². The number of halogens is 1. The maximum atomic E-state index is 10.7. The molecule has 68 valence electrons. The van der Waals surface area contributed by atoms with Gasteiger partial charge >= 0.3 is 3.98 Å². The summed E-state index contributed by atoms with van der Waals surface area (Å²) in [4.78, 5) is 10.7. The molecular weight excluding hydrogens is 279 g/mol. The van der Waals surface area contributed by atoms with E-state index < -0.39 is 0 Å². The van der Waals surface area contributed by atoms with Gasteiger partial charge in [-0.1, -0.05) is 6.07 Å². The van der Waals surface area contributed by atoms with Crippen molar-refractivity contribution < 1.29 is 9.53 Å². The lowest BCUT2D eigenvalue weighted by molar-refractivity contribution is 0.230. The summed E-state index contributed by atoms with van der Waals surface area (Å²) >= 11 is 1.63. The molecule has 0 radical (unpaired) electrons. The summed E-state index contributed by atoms with van der Waals surface area (Å²) in [6, 6.07) is 5.89. The molecule has 1 aliphatic carbocycles. The zero-order valence-corrected chi connectivity index (χ0v) is 9.21. The normalized spacial score (nSPS) is 13.9. The SMILES string of the molecule is O=C(I)Oc1ccc2c(c1)CCC2. The third-order valence-corrected chi connectivity index (χ3v) is 2.49. The van der Waals surface area contributed by atoms with E-state index >= 15 is 0 Å². The largest absolute Gasteiger partial charge is 0.419 e. The molecule has 1 aliphatic rings.